The van der Waals surface area contributed by atoms with E-state index in [1.54, 1.807) is 4.90 Å². The van der Waals surface area contributed by atoms with E-state index >= 15 is 0 Å². The third-order valence-electron chi connectivity index (χ3n) is 6.12. The molecule has 2 aromatic heterocycles. The summed E-state index contributed by atoms with van der Waals surface area (Å²) in [5.41, 5.74) is -1.85. The molecule has 1 aliphatic rings. The quantitative estimate of drug-likeness (QED) is 0.258. The number of hydrogen-bond acceptors (Lipinski definition) is 9. The first-order chi connectivity index (χ1) is 19.5. The third kappa shape index (κ3) is 6.75. The number of rotatable bonds is 9. The van der Waals surface area contributed by atoms with Gasteiger partial charge in [-0.25, -0.2) is 36.5 Å². The lowest BCUT2D eigenvalue weighted by atomic mass is 10.1. The van der Waals surface area contributed by atoms with Crippen molar-refractivity contribution in [2.24, 2.45) is 0 Å². The van der Waals surface area contributed by atoms with Crippen LogP contribution < -0.4 is 4.90 Å². The Kier molecular flexibility index (Phi) is 9.42. The molecule has 41 heavy (non-hydrogen) atoms. The number of carbonyl (C=O) groups is 3. The topological polar surface area (TPSA) is 107 Å². The second kappa shape index (κ2) is 12.8. The predicted molar refractivity (Wildman–Crippen MR) is 135 cm³/mol. The van der Waals surface area contributed by atoms with Crippen LogP contribution in [0, 0.1) is 5.82 Å². The largest absolute Gasteiger partial charge is 0.467 e. The summed E-state index contributed by atoms with van der Waals surface area (Å²) in [5, 5.41) is 5.20. The number of thiazole rings is 1. The Hall–Kier alpha value is -3.79. The van der Waals surface area contributed by atoms with Crippen LogP contribution in [-0.4, -0.2) is 70.3 Å². The molecule has 220 valence electrons. The molecule has 1 amide bonds. The van der Waals surface area contributed by atoms with E-state index in [-0.39, 0.29) is 35.9 Å². The van der Waals surface area contributed by atoms with Crippen molar-refractivity contribution in [2.75, 3.05) is 31.6 Å². The molecule has 1 atom stereocenters. The number of esters is 2. The van der Waals surface area contributed by atoms with Crippen molar-refractivity contribution in [3.63, 3.8) is 0 Å². The maximum Gasteiger partial charge on any atom is 0.358 e. The van der Waals surface area contributed by atoms with E-state index in [4.69, 9.17) is 21.1 Å². The number of methoxy groups -OCH3 is 1. The zero-order chi connectivity index (χ0) is 29.8. The normalized spacial score (nSPS) is 15.5. The Morgan fingerprint density at radius 3 is 2.59 bits per heavy atom. The Morgan fingerprint density at radius 1 is 1.17 bits per heavy atom. The molecular weight excluding hydrogens is 601 g/mol. The van der Waals surface area contributed by atoms with Gasteiger partial charge in [0.25, 0.3) is 12.9 Å². The van der Waals surface area contributed by atoms with Gasteiger partial charge in [-0.3, -0.25) is 9.48 Å². The lowest BCUT2D eigenvalue weighted by molar-refractivity contribution is -0.153. The number of anilines is 1. The highest BCUT2D eigenvalue weighted by molar-refractivity contribution is 7.13. The minimum Gasteiger partial charge on any atom is -0.467 e. The van der Waals surface area contributed by atoms with Crippen LogP contribution in [0.5, 0.6) is 0 Å². The standard InChI is InChI=1S/C24H21ClF5N5O5S/c1-39-23(38)18-8-33(5-6-34(18)19(36)9-35-17(21(29)30)7-15(32-35)20(27)28)24-31-16(11-41-24)22(37)40-10-12-13(25)3-2-4-14(12)26/h2-4,7,11,18,20-21H,5-6,8-10H2,1H3. The number of nitrogens with zero attached hydrogens (tertiary/aromatic N) is 5. The molecule has 0 radical (unpaired) electrons. The van der Waals surface area contributed by atoms with Crippen LogP contribution in [0.2, 0.25) is 5.02 Å². The summed E-state index contributed by atoms with van der Waals surface area (Å²) < 4.78 is 77.1. The van der Waals surface area contributed by atoms with E-state index in [1.807, 2.05) is 0 Å². The van der Waals surface area contributed by atoms with E-state index in [2.05, 4.69) is 10.1 Å². The average Bonchev–Trinajstić information content (AvgIpc) is 3.60. The zero-order valence-corrected chi connectivity index (χ0v) is 22.7. The number of alkyl halides is 4. The highest BCUT2D eigenvalue weighted by atomic mass is 35.5. The van der Waals surface area contributed by atoms with E-state index in [0.717, 1.165) is 23.3 Å². The van der Waals surface area contributed by atoms with Crippen LogP contribution in [-0.2, 0) is 32.2 Å². The molecule has 0 bridgehead atoms. The summed E-state index contributed by atoms with van der Waals surface area (Å²) in [6.07, 6.45) is -6.28. The molecule has 1 aliphatic heterocycles. The molecule has 17 heteroatoms. The van der Waals surface area contributed by atoms with Gasteiger partial charge < -0.3 is 19.3 Å². The number of halogens is 6. The highest BCUT2D eigenvalue weighted by Crippen LogP contribution is 2.28. The first kappa shape index (κ1) is 30.2. The van der Waals surface area contributed by atoms with Crippen LogP contribution >= 0.6 is 22.9 Å². The fraction of sp³-hybridized carbons (Fsp3) is 0.375. The summed E-state index contributed by atoms with van der Waals surface area (Å²) in [6, 6.07) is 3.35. The van der Waals surface area contributed by atoms with E-state index in [9.17, 15) is 36.3 Å². The molecule has 3 aromatic rings. The van der Waals surface area contributed by atoms with E-state index < -0.39 is 67.1 Å². The Morgan fingerprint density at radius 2 is 1.93 bits per heavy atom. The number of carbonyl (C=O) groups excluding carboxylic acids is 3. The van der Waals surface area contributed by atoms with Crippen LogP contribution in [0.4, 0.5) is 27.1 Å². The molecule has 0 N–H and O–H groups in total. The SMILES string of the molecule is COC(=O)C1CN(c2nc(C(=O)OCc3c(F)cccc3Cl)cs2)CCN1C(=O)Cn1nc(C(F)F)cc1C(F)F. The van der Waals surface area contributed by atoms with Crippen LogP contribution in [0.3, 0.4) is 0 Å². The van der Waals surface area contributed by atoms with Gasteiger partial charge in [-0.05, 0) is 18.2 Å². The molecule has 1 unspecified atom stereocenters. The van der Waals surface area contributed by atoms with Crippen LogP contribution in [0.25, 0.3) is 0 Å². The van der Waals surface area contributed by atoms with Crippen molar-refractivity contribution in [1.29, 1.82) is 0 Å². The lowest BCUT2D eigenvalue weighted by Crippen LogP contribution is -2.59. The molecule has 0 spiro atoms. The molecule has 4 rings (SSSR count). The fourth-order valence-corrected chi connectivity index (χ4v) is 5.11. The van der Waals surface area contributed by atoms with E-state index in [1.165, 1.54) is 23.6 Å². The van der Waals surface area contributed by atoms with Crippen molar-refractivity contribution < 1.29 is 45.8 Å². The molecule has 1 aromatic carbocycles. The summed E-state index contributed by atoms with van der Waals surface area (Å²) >= 11 is 6.99. The predicted octanol–water partition coefficient (Wildman–Crippen LogP) is 4.25. The molecule has 0 aliphatic carbocycles. The molecule has 1 fully saturated rings. The average molecular weight is 622 g/mol. The van der Waals surface area contributed by atoms with Gasteiger partial charge in [-0.15, -0.1) is 11.3 Å². The van der Waals surface area contributed by atoms with Gasteiger partial charge in [0, 0.05) is 24.0 Å². The summed E-state index contributed by atoms with van der Waals surface area (Å²) in [5.74, 6) is -3.12. The first-order valence-electron chi connectivity index (χ1n) is 11.8. The Labute approximate surface area is 238 Å². The molecule has 1 saturated heterocycles. The summed E-state index contributed by atoms with van der Waals surface area (Å²) in [6.45, 7) is -1.33. The van der Waals surface area contributed by atoms with Gasteiger partial charge in [-0.1, -0.05) is 17.7 Å². The lowest BCUT2D eigenvalue weighted by Gasteiger charge is -2.39. The van der Waals surface area contributed by atoms with Gasteiger partial charge >= 0.3 is 11.9 Å². The van der Waals surface area contributed by atoms with Gasteiger partial charge in [0.1, 0.15) is 36.4 Å². The zero-order valence-electron chi connectivity index (χ0n) is 21.1. The van der Waals surface area contributed by atoms with Crippen molar-refractivity contribution in [2.45, 2.75) is 32.0 Å². The number of piperazine rings is 1. The second-order valence-electron chi connectivity index (χ2n) is 8.62. The molecule has 10 nitrogen and oxygen atoms in total. The van der Waals surface area contributed by atoms with Crippen molar-refractivity contribution >= 4 is 45.9 Å². The van der Waals surface area contributed by atoms with Gasteiger partial charge in [0.15, 0.2) is 10.8 Å². The van der Waals surface area contributed by atoms with Gasteiger partial charge in [-0.2, -0.15) is 5.10 Å². The van der Waals surface area contributed by atoms with Crippen LogP contribution in [0.15, 0.2) is 29.6 Å². The summed E-state index contributed by atoms with van der Waals surface area (Å²) in [4.78, 5) is 45.0. The van der Waals surface area contributed by atoms with Crippen LogP contribution in [0.1, 0.15) is 40.3 Å². The Balaban J connectivity index is 1.44. The Bertz CT molecular complexity index is 1420. The molecular formula is C24H21ClF5N5O5S. The first-order valence-corrected chi connectivity index (χ1v) is 13.1. The minimum atomic E-state index is -3.16. The number of benzene rings is 1. The monoisotopic (exact) mass is 621 g/mol. The smallest absolute Gasteiger partial charge is 0.358 e. The van der Waals surface area contributed by atoms with Gasteiger partial charge in [0.2, 0.25) is 5.91 Å². The van der Waals surface area contributed by atoms with Crippen molar-refractivity contribution in [1.82, 2.24) is 19.7 Å². The molecule has 0 saturated carbocycles. The number of aromatic nitrogens is 3. The summed E-state index contributed by atoms with van der Waals surface area (Å²) in [7, 11) is 1.10. The fourth-order valence-electron chi connectivity index (χ4n) is 4.06. The minimum absolute atomic E-state index is 0.000825. The van der Waals surface area contributed by atoms with E-state index in [0.29, 0.717) is 15.9 Å². The highest BCUT2D eigenvalue weighted by Gasteiger charge is 2.38. The third-order valence-corrected chi connectivity index (χ3v) is 7.37. The second-order valence-corrected chi connectivity index (χ2v) is 9.86. The van der Waals surface area contributed by atoms with Crippen molar-refractivity contribution in [3.8, 4) is 0 Å². The van der Waals surface area contributed by atoms with Gasteiger partial charge in [0.05, 0.1) is 18.7 Å². The number of ether oxygens (including phenoxy) is 2. The molecule has 3 heterocycles. The van der Waals surface area contributed by atoms with Crippen molar-refractivity contribution in [3.05, 3.63) is 63.1 Å². The number of amides is 1. The maximum absolute atomic E-state index is 14.0. The number of hydrogen-bond donors (Lipinski definition) is 0. The maximum atomic E-state index is 14.0.